The molecule has 3 heterocycles. The summed E-state index contributed by atoms with van der Waals surface area (Å²) in [7, 11) is 0. The van der Waals surface area contributed by atoms with Gasteiger partial charge in [-0.25, -0.2) is 9.98 Å². The molecule has 1 atom stereocenters. The standard InChI is InChI=1S/C39H26N4S/c1-3-12-25(13-4-1)37-40-38(26-14-5-2-6-15-26)42-39(41-37)27-16-11-17-28(22-27)43-33-20-9-7-18-29(33)31-23-32-30-19-8-10-21-35(30)44-36(32)24-34(31)43/h1-24,37H,(H,40,41,42). The number of benzene rings is 6. The fraction of sp³-hybridized carbons (Fsp3) is 0.0256. The number of nitrogens with zero attached hydrogens (tertiary/aromatic N) is 3. The van der Waals surface area contributed by atoms with E-state index >= 15 is 0 Å². The minimum absolute atomic E-state index is 0.239. The molecule has 1 aliphatic heterocycles. The third kappa shape index (κ3) is 4.05. The first-order valence-corrected chi connectivity index (χ1v) is 15.6. The Morgan fingerprint density at radius 2 is 1.27 bits per heavy atom. The Bertz CT molecular complexity index is 2420. The van der Waals surface area contributed by atoms with Crippen LogP contribution in [0.4, 0.5) is 0 Å². The molecule has 208 valence electrons. The Morgan fingerprint density at radius 1 is 0.545 bits per heavy atom. The van der Waals surface area contributed by atoms with Crippen molar-refractivity contribution in [3.63, 3.8) is 0 Å². The van der Waals surface area contributed by atoms with Crippen molar-refractivity contribution in [2.24, 2.45) is 9.98 Å². The van der Waals surface area contributed by atoms with E-state index in [-0.39, 0.29) is 6.17 Å². The van der Waals surface area contributed by atoms with Crippen LogP contribution in [0.25, 0.3) is 47.7 Å². The molecule has 2 aromatic heterocycles. The van der Waals surface area contributed by atoms with E-state index in [9.17, 15) is 0 Å². The molecule has 9 rings (SSSR count). The van der Waals surface area contributed by atoms with Gasteiger partial charge in [0.1, 0.15) is 12.0 Å². The Kier molecular flexibility index (Phi) is 5.71. The molecule has 0 radical (unpaired) electrons. The van der Waals surface area contributed by atoms with Crippen LogP contribution >= 0.6 is 11.3 Å². The molecule has 0 saturated heterocycles. The van der Waals surface area contributed by atoms with E-state index < -0.39 is 0 Å². The lowest BCUT2D eigenvalue weighted by Gasteiger charge is -2.23. The lowest BCUT2D eigenvalue weighted by atomic mass is 10.1. The maximum absolute atomic E-state index is 5.12. The van der Waals surface area contributed by atoms with Gasteiger partial charge in [0.2, 0.25) is 0 Å². The van der Waals surface area contributed by atoms with E-state index in [1.165, 1.54) is 42.0 Å². The van der Waals surface area contributed by atoms with Gasteiger partial charge in [0, 0.05) is 47.8 Å². The number of hydrogen-bond acceptors (Lipinski definition) is 4. The predicted molar refractivity (Wildman–Crippen MR) is 186 cm³/mol. The highest BCUT2D eigenvalue weighted by Gasteiger charge is 2.22. The van der Waals surface area contributed by atoms with Gasteiger partial charge in [-0.2, -0.15) is 0 Å². The third-order valence-electron chi connectivity index (χ3n) is 8.44. The van der Waals surface area contributed by atoms with Gasteiger partial charge in [-0.05, 0) is 42.0 Å². The number of hydrogen-bond donors (Lipinski definition) is 1. The Balaban J connectivity index is 1.24. The van der Waals surface area contributed by atoms with Crippen LogP contribution in [0.1, 0.15) is 22.9 Å². The molecule has 0 saturated carbocycles. The molecule has 1 unspecified atom stereocenters. The van der Waals surface area contributed by atoms with Gasteiger partial charge in [-0.3, -0.25) is 0 Å². The largest absolute Gasteiger partial charge is 0.344 e. The number of para-hydroxylation sites is 1. The Morgan fingerprint density at radius 3 is 2.14 bits per heavy atom. The molecule has 0 bridgehead atoms. The quantitative estimate of drug-likeness (QED) is 0.221. The third-order valence-corrected chi connectivity index (χ3v) is 9.57. The van der Waals surface area contributed by atoms with Crippen molar-refractivity contribution in [3.05, 3.63) is 162 Å². The van der Waals surface area contributed by atoms with E-state index in [1.807, 2.05) is 35.6 Å². The van der Waals surface area contributed by atoms with Gasteiger partial charge >= 0.3 is 0 Å². The van der Waals surface area contributed by atoms with Crippen LogP contribution in [0.3, 0.4) is 0 Å². The highest BCUT2D eigenvalue weighted by molar-refractivity contribution is 7.25. The molecule has 4 nitrogen and oxygen atoms in total. The van der Waals surface area contributed by atoms with Crippen LogP contribution in [0, 0.1) is 0 Å². The first-order chi connectivity index (χ1) is 21.8. The average molecular weight is 583 g/mol. The van der Waals surface area contributed by atoms with Gasteiger partial charge in [-0.1, -0.05) is 109 Å². The average Bonchev–Trinajstić information content (AvgIpc) is 3.62. The number of aliphatic imine (C=N–C) groups is 2. The SMILES string of the molecule is c1ccc(C2=NC(c3cccc(-n4c5ccccc5c5cc6c(cc54)sc4ccccc46)c3)=NC(c3ccccc3)N2)cc1. The van der Waals surface area contributed by atoms with Crippen LogP contribution in [0.15, 0.2) is 156 Å². The van der Waals surface area contributed by atoms with Crippen molar-refractivity contribution in [1.29, 1.82) is 0 Å². The lowest BCUT2D eigenvalue weighted by Crippen LogP contribution is -2.33. The summed E-state index contributed by atoms with van der Waals surface area (Å²) in [5.74, 6) is 1.53. The number of fused-ring (bicyclic) bond motifs is 6. The van der Waals surface area contributed by atoms with E-state index in [4.69, 9.17) is 9.98 Å². The van der Waals surface area contributed by atoms with Crippen LogP contribution in [0.2, 0.25) is 0 Å². The zero-order valence-corrected chi connectivity index (χ0v) is 24.5. The molecule has 8 aromatic rings. The summed E-state index contributed by atoms with van der Waals surface area (Å²) in [6, 6.07) is 51.4. The van der Waals surface area contributed by atoms with Crippen molar-refractivity contribution < 1.29 is 0 Å². The van der Waals surface area contributed by atoms with Crippen molar-refractivity contribution in [2.45, 2.75) is 6.17 Å². The first kappa shape index (κ1) is 25.0. The predicted octanol–water partition coefficient (Wildman–Crippen LogP) is 9.65. The summed E-state index contributed by atoms with van der Waals surface area (Å²) in [5.41, 5.74) is 6.58. The smallest absolute Gasteiger partial charge is 0.159 e. The van der Waals surface area contributed by atoms with Gasteiger partial charge < -0.3 is 9.88 Å². The van der Waals surface area contributed by atoms with Gasteiger partial charge in [-0.15, -0.1) is 11.3 Å². The summed E-state index contributed by atoms with van der Waals surface area (Å²) in [6.07, 6.45) is -0.239. The maximum Gasteiger partial charge on any atom is 0.159 e. The van der Waals surface area contributed by atoms with Crippen molar-refractivity contribution >= 4 is 65.0 Å². The van der Waals surface area contributed by atoms with Gasteiger partial charge in [0.05, 0.1) is 11.0 Å². The summed E-state index contributed by atoms with van der Waals surface area (Å²) in [4.78, 5) is 10.2. The highest BCUT2D eigenvalue weighted by Crippen LogP contribution is 2.40. The summed E-state index contributed by atoms with van der Waals surface area (Å²) in [5, 5.41) is 8.70. The molecule has 44 heavy (non-hydrogen) atoms. The minimum Gasteiger partial charge on any atom is -0.344 e. The Hall–Kier alpha value is -5.52. The fourth-order valence-corrected chi connectivity index (χ4v) is 7.50. The van der Waals surface area contributed by atoms with Crippen molar-refractivity contribution in [3.8, 4) is 5.69 Å². The molecule has 0 spiro atoms. The second kappa shape index (κ2) is 10.0. The normalized spacial score (nSPS) is 15.0. The van der Waals surface area contributed by atoms with Crippen molar-refractivity contribution in [2.75, 3.05) is 0 Å². The molecular formula is C39H26N4S. The minimum atomic E-state index is -0.239. The topological polar surface area (TPSA) is 41.7 Å². The number of thiophene rings is 1. The molecule has 5 heteroatoms. The maximum atomic E-state index is 5.12. The second-order valence-electron chi connectivity index (χ2n) is 11.1. The van der Waals surface area contributed by atoms with Crippen LogP contribution < -0.4 is 5.32 Å². The molecule has 0 aliphatic carbocycles. The van der Waals surface area contributed by atoms with Crippen LogP contribution in [0.5, 0.6) is 0 Å². The number of aromatic nitrogens is 1. The summed E-state index contributed by atoms with van der Waals surface area (Å²) in [6.45, 7) is 0. The summed E-state index contributed by atoms with van der Waals surface area (Å²) < 4.78 is 5.00. The zero-order valence-electron chi connectivity index (χ0n) is 23.7. The lowest BCUT2D eigenvalue weighted by molar-refractivity contribution is 0.674. The molecule has 1 N–H and O–H groups in total. The number of rotatable bonds is 4. The highest BCUT2D eigenvalue weighted by atomic mass is 32.1. The van der Waals surface area contributed by atoms with Crippen LogP contribution in [-0.4, -0.2) is 16.2 Å². The fourth-order valence-electron chi connectivity index (χ4n) is 6.38. The molecule has 1 aliphatic rings. The first-order valence-electron chi connectivity index (χ1n) is 14.8. The summed E-state index contributed by atoms with van der Waals surface area (Å²) >= 11 is 1.86. The van der Waals surface area contributed by atoms with E-state index in [2.05, 4.69) is 131 Å². The number of nitrogens with one attached hydrogen (secondary N) is 1. The van der Waals surface area contributed by atoms with Gasteiger partial charge in [0.25, 0.3) is 0 Å². The Labute approximate surface area is 258 Å². The molecule has 0 fully saturated rings. The second-order valence-corrected chi connectivity index (χ2v) is 12.2. The molecular weight excluding hydrogens is 557 g/mol. The monoisotopic (exact) mass is 582 g/mol. The van der Waals surface area contributed by atoms with E-state index in [0.29, 0.717) is 5.84 Å². The molecule has 6 aromatic carbocycles. The molecule has 0 amide bonds. The van der Waals surface area contributed by atoms with E-state index in [0.717, 1.165) is 28.2 Å². The zero-order chi connectivity index (χ0) is 29.0. The number of amidine groups is 2. The van der Waals surface area contributed by atoms with E-state index in [1.54, 1.807) is 0 Å². The van der Waals surface area contributed by atoms with Gasteiger partial charge in [0.15, 0.2) is 5.84 Å². The van der Waals surface area contributed by atoms with Crippen LogP contribution in [-0.2, 0) is 0 Å². The van der Waals surface area contributed by atoms with Crippen molar-refractivity contribution in [1.82, 2.24) is 9.88 Å².